The van der Waals surface area contributed by atoms with Crippen molar-refractivity contribution in [1.82, 2.24) is 5.06 Å². The van der Waals surface area contributed by atoms with E-state index in [9.17, 15) is 22.8 Å². The predicted octanol–water partition coefficient (Wildman–Crippen LogP) is 1.95. The number of carbonyl (C=O) groups excluding carboxylic acids is 2. The van der Waals surface area contributed by atoms with Crippen LogP contribution in [0.1, 0.15) is 31.1 Å². The van der Waals surface area contributed by atoms with Crippen LogP contribution in [0.5, 0.6) is 0 Å². The highest BCUT2D eigenvalue weighted by atomic mass is 35.5. The average Bonchev–Trinajstić information content (AvgIpc) is 2.80. The number of carboxylic acids is 1. The van der Waals surface area contributed by atoms with Crippen LogP contribution in [0.3, 0.4) is 0 Å². The number of rotatable bonds is 4. The van der Waals surface area contributed by atoms with Crippen molar-refractivity contribution in [3.63, 3.8) is 0 Å². The summed E-state index contributed by atoms with van der Waals surface area (Å²) in [5, 5.41) is 8.95. The largest absolute Gasteiger partial charge is 0.478 e. The second-order valence-corrected chi connectivity index (χ2v) is 6.86. The van der Waals surface area contributed by atoms with E-state index in [1.54, 1.807) is 0 Å². The monoisotopic (exact) mass is 381 g/mol. The number of nitrogens with zero attached hydrogens (tertiary/aromatic N) is 1. The third kappa shape index (κ3) is 2.88. The zero-order valence-electron chi connectivity index (χ0n) is 12.2. The number of benzene rings is 2. The Morgan fingerprint density at radius 1 is 1.04 bits per heavy atom. The number of fused-ring (bicyclic) bond motifs is 1. The van der Waals surface area contributed by atoms with Crippen molar-refractivity contribution in [1.29, 1.82) is 0 Å². The molecule has 0 atom stereocenters. The first-order valence-electron chi connectivity index (χ1n) is 6.67. The zero-order chi connectivity index (χ0) is 18.4. The maximum absolute atomic E-state index is 12.3. The highest BCUT2D eigenvalue weighted by Crippen LogP contribution is 2.27. The van der Waals surface area contributed by atoms with Gasteiger partial charge in [0.05, 0.1) is 26.6 Å². The lowest BCUT2D eigenvalue weighted by atomic mass is 10.1. The van der Waals surface area contributed by atoms with Crippen LogP contribution in [-0.2, 0) is 14.4 Å². The Morgan fingerprint density at radius 3 is 2.12 bits per heavy atom. The van der Waals surface area contributed by atoms with E-state index < -0.39 is 38.4 Å². The molecule has 1 aliphatic rings. The second kappa shape index (κ2) is 5.96. The van der Waals surface area contributed by atoms with E-state index in [1.165, 1.54) is 24.3 Å². The fourth-order valence-electron chi connectivity index (χ4n) is 2.20. The van der Waals surface area contributed by atoms with Gasteiger partial charge in [-0.2, -0.15) is 8.42 Å². The number of imide groups is 1. The topological polar surface area (TPSA) is 118 Å². The number of amides is 2. The molecule has 0 spiro atoms. The van der Waals surface area contributed by atoms with Gasteiger partial charge in [-0.25, -0.2) is 4.79 Å². The number of carboxylic acid groups (broad SMARTS) is 1. The first kappa shape index (κ1) is 17.1. The van der Waals surface area contributed by atoms with Crippen LogP contribution < -0.4 is 0 Å². The maximum Gasteiger partial charge on any atom is 0.337 e. The van der Waals surface area contributed by atoms with Crippen molar-refractivity contribution in [2.45, 2.75) is 4.90 Å². The third-order valence-corrected chi connectivity index (χ3v) is 4.89. The number of hydrogen-bond donors (Lipinski definition) is 1. The van der Waals surface area contributed by atoms with Gasteiger partial charge in [0.2, 0.25) is 0 Å². The van der Waals surface area contributed by atoms with Crippen molar-refractivity contribution >= 4 is 39.5 Å². The Labute approximate surface area is 146 Å². The summed E-state index contributed by atoms with van der Waals surface area (Å²) in [4.78, 5) is 34.8. The molecule has 25 heavy (non-hydrogen) atoms. The van der Waals surface area contributed by atoms with E-state index in [0.29, 0.717) is 0 Å². The van der Waals surface area contributed by atoms with Crippen molar-refractivity contribution in [3.8, 4) is 0 Å². The molecule has 0 aromatic heterocycles. The summed E-state index contributed by atoms with van der Waals surface area (Å²) < 4.78 is 29.3. The van der Waals surface area contributed by atoms with Crippen LogP contribution in [-0.4, -0.2) is 36.4 Å². The molecule has 1 N–H and O–H groups in total. The molecule has 2 aromatic rings. The summed E-state index contributed by atoms with van der Waals surface area (Å²) in [6.07, 6.45) is 0. The van der Waals surface area contributed by atoms with Crippen LogP contribution in [0.4, 0.5) is 0 Å². The number of aromatic carboxylic acids is 1. The van der Waals surface area contributed by atoms with Crippen LogP contribution in [0.15, 0.2) is 47.4 Å². The molecule has 1 heterocycles. The van der Waals surface area contributed by atoms with Crippen LogP contribution in [0.2, 0.25) is 5.02 Å². The van der Waals surface area contributed by atoms with Gasteiger partial charge in [-0.1, -0.05) is 23.7 Å². The van der Waals surface area contributed by atoms with Gasteiger partial charge < -0.3 is 5.11 Å². The Bertz CT molecular complexity index is 997. The minimum Gasteiger partial charge on any atom is -0.478 e. The molecule has 10 heteroatoms. The Balaban J connectivity index is 1.96. The van der Waals surface area contributed by atoms with Gasteiger partial charge >= 0.3 is 16.1 Å². The lowest BCUT2D eigenvalue weighted by Gasteiger charge is -2.13. The Morgan fingerprint density at radius 2 is 1.60 bits per heavy atom. The Kier molecular flexibility index (Phi) is 4.07. The molecule has 1 aliphatic heterocycles. The van der Waals surface area contributed by atoms with Gasteiger partial charge in [-0.15, -0.1) is 9.35 Å². The molecule has 0 fully saturated rings. The molecule has 0 saturated carbocycles. The molecule has 0 aliphatic carbocycles. The molecule has 2 amide bonds. The van der Waals surface area contributed by atoms with E-state index in [0.717, 1.165) is 18.2 Å². The van der Waals surface area contributed by atoms with E-state index in [4.69, 9.17) is 16.7 Å². The van der Waals surface area contributed by atoms with Crippen molar-refractivity contribution in [2.24, 2.45) is 0 Å². The van der Waals surface area contributed by atoms with E-state index in [1.807, 2.05) is 0 Å². The molecule has 3 rings (SSSR count). The summed E-state index contributed by atoms with van der Waals surface area (Å²) in [5.41, 5.74) is -0.455. The highest BCUT2D eigenvalue weighted by Gasteiger charge is 2.40. The summed E-state index contributed by atoms with van der Waals surface area (Å²) in [7, 11) is -4.64. The van der Waals surface area contributed by atoms with E-state index in [-0.39, 0.29) is 21.2 Å². The lowest BCUT2D eigenvalue weighted by molar-refractivity contribution is -0.0104. The van der Waals surface area contributed by atoms with Gasteiger partial charge in [-0.05, 0) is 30.3 Å². The number of halogens is 1. The van der Waals surface area contributed by atoms with Crippen molar-refractivity contribution < 1.29 is 32.2 Å². The molecule has 0 bridgehead atoms. The molecule has 0 saturated heterocycles. The SMILES string of the molecule is O=C(O)c1cc(S(=O)(=O)ON2C(=O)c3ccccc3C2=O)ccc1Cl. The van der Waals surface area contributed by atoms with E-state index >= 15 is 0 Å². The molecular weight excluding hydrogens is 374 g/mol. The van der Waals surface area contributed by atoms with Crippen LogP contribution in [0.25, 0.3) is 0 Å². The van der Waals surface area contributed by atoms with Crippen LogP contribution >= 0.6 is 11.6 Å². The number of carbonyl (C=O) groups is 3. The van der Waals surface area contributed by atoms with Crippen LogP contribution in [0, 0.1) is 0 Å². The molecule has 8 nitrogen and oxygen atoms in total. The minimum absolute atomic E-state index is 0.00466. The second-order valence-electron chi connectivity index (χ2n) is 4.93. The average molecular weight is 382 g/mol. The molecular formula is C15H8ClNO7S. The number of hydrogen-bond acceptors (Lipinski definition) is 6. The summed E-state index contributed by atoms with van der Waals surface area (Å²) in [5.74, 6) is -3.31. The standard InChI is InChI=1S/C15H8ClNO7S/c16-12-6-5-8(7-11(12)15(20)21)25(22,23)24-17-13(18)9-3-1-2-4-10(9)14(17)19/h1-7H,(H,20,21). The molecule has 0 radical (unpaired) electrons. The fourth-order valence-corrected chi connectivity index (χ4v) is 3.31. The van der Waals surface area contributed by atoms with Gasteiger partial charge in [-0.3, -0.25) is 9.59 Å². The van der Waals surface area contributed by atoms with Crippen molar-refractivity contribution in [3.05, 3.63) is 64.2 Å². The first-order valence-corrected chi connectivity index (χ1v) is 8.46. The highest BCUT2D eigenvalue weighted by molar-refractivity contribution is 7.86. The third-order valence-electron chi connectivity index (χ3n) is 3.39. The molecule has 128 valence electrons. The first-order chi connectivity index (χ1) is 11.7. The molecule has 0 unspecified atom stereocenters. The maximum atomic E-state index is 12.3. The van der Waals surface area contributed by atoms with Gasteiger partial charge in [0.15, 0.2) is 0 Å². The zero-order valence-corrected chi connectivity index (χ0v) is 13.7. The summed E-state index contributed by atoms with van der Waals surface area (Å²) in [6, 6.07) is 8.58. The number of hydroxylamine groups is 2. The van der Waals surface area contributed by atoms with Gasteiger partial charge in [0.25, 0.3) is 11.8 Å². The smallest absolute Gasteiger partial charge is 0.337 e. The minimum atomic E-state index is -4.64. The lowest BCUT2D eigenvalue weighted by Crippen LogP contribution is -2.32. The van der Waals surface area contributed by atoms with Crippen molar-refractivity contribution in [2.75, 3.05) is 0 Å². The fraction of sp³-hybridized carbons (Fsp3) is 0. The van der Waals surface area contributed by atoms with Gasteiger partial charge in [0.1, 0.15) is 0 Å². The normalized spacial score (nSPS) is 13.9. The summed E-state index contributed by atoms with van der Waals surface area (Å²) in [6.45, 7) is 0. The van der Waals surface area contributed by atoms with Gasteiger partial charge in [0, 0.05) is 0 Å². The summed E-state index contributed by atoms with van der Waals surface area (Å²) >= 11 is 5.68. The predicted molar refractivity (Wildman–Crippen MR) is 83.6 cm³/mol. The quantitative estimate of drug-likeness (QED) is 0.804. The van der Waals surface area contributed by atoms with E-state index in [2.05, 4.69) is 4.28 Å². The Hall–Kier alpha value is -2.75. The molecule has 2 aromatic carbocycles.